The van der Waals surface area contributed by atoms with Gasteiger partial charge in [0.05, 0.1) is 12.7 Å². The van der Waals surface area contributed by atoms with Gasteiger partial charge in [-0.25, -0.2) is 4.79 Å². The minimum Gasteiger partial charge on any atom is -0.466 e. The molecule has 0 aromatic carbocycles. The Kier molecular flexibility index (Phi) is 16.8. The standard InChI is InChI=1S/C10H18O2.C8H16O2/c1-5-6-10(11)12-9(4)7-8(2)3;1-3-4-5-6-7-10-8(2)9/h5-6,8-9H,7H2,1-4H3;3-7H2,1-2H3. The highest BCUT2D eigenvalue weighted by atomic mass is 16.5. The lowest BCUT2D eigenvalue weighted by Gasteiger charge is -2.13. The fraction of sp³-hybridized carbons (Fsp3) is 0.778. The predicted molar refractivity (Wildman–Crippen MR) is 90.6 cm³/mol. The van der Waals surface area contributed by atoms with Gasteiger partial charge in [-0.2, -0.15) is 0 Å². The number of hydrogen-bond acceptors (Lipinski definition) is 4. The second-order valence-corrected chi connectivity index (χ2v) is 5.78. The van der Waals surface area contributed by atoms with E-state index in [-0.39, 0.29) is 18.0 Å². The lowest BCUT2D eigenvalue weighted by molar-refractivity contribution is -0.143. The van der Waals surface area contributed by atoms with E-state index in [2.05, 4.69) is 20.8 Å². The summed E-state index contributed by atoms with van der Waals surface area (Å²) in [4.78, 5) is 21.2. The smallest absolute Gasteiger partial charge is 0.330 e. The molecule has 0 saturated heterocycles. The second-order valence-electron chi connectivity index (χ2n) is 5.78. The normalized spacial score (nSPS) is 11.8. The van der Waals surface area contributed by atoms with Gasteiger partial charge in [0.25, 0.3) is 0 Å². The molecule has 0 aliphatic rings. The number of esters is 2. The van der Waals surface area contributed by atoms with Gasteiger partial charge in [0, 0.05) is 13.0 Å². The van der Waals surface area contributed by atoms with Crippen molar-refractivity contribution in [2.24, 2.45) is 5.92 Å². The van der Waals surface area contributed by atoms with Crippen LogP contribution in [-0.4, -0.2) is 24.6 Å². The lowest BCUT2D eigenvalue weighted by atomic mass is 10.1. The summed E-state index contributed by atoms with van der Waals surface area (Å²) in [5, 5.41) is 0. The van der Waals surface area contributed by atoms with Crippen LogP contribution in [0.4, 0.5) is 0 Å². The average molecular weight is 314 g/mol. The molecule has 0 heterocycles. The molecule has 0 bridgehead atoms. The Labute approximate surface area is 136 Å². The quantitative estimate of drug-likeness (QED) is 0.352. The number of allylic oxidation sites excluding steroid dienone is 1. The molecule has 0 aliphatic carbocycles. The number of carbonyl (C=O) groups excluding carboxylic acids is 2. The summed E-state index contributed by atoms with van der Waals surface area (Å²) in [7, 11) is 0. The van der Waals surface area contributed by atoms with E-state index in [0.29, 0.717) is 12.5 Å². The Hall–Kier alpha value is -1.32. The highest BCUT2D eigenvalue weighted by Gasteiger charge is 2.07. The fourth-order valence-corrected chi connectivity index (χ4v) is 1.83. The van der Waals surface area contributed by atoms with Crippen molar-refractivity contribution < 1.29 is 19.1 Å². The zero-order valence-electron chi connectivity index (χ0n) is 15.2. The molecule has 22 heavy (non-hydrogen) atoms. The molecule has 1 unspecified atom stereocenters. The zero-order valence-corrected chi connectivity index (χ0v) is 15.2. The Balaban J connectivity index is 0. The largest absolute Gasteiger partial charge is 0.466 e. The third-order valence-corrected chi connectivity index (χ3v) is 2.73. The van der Waals surface area contributed by atoms with Crippen molar-refractivity contribution in [3.05, 3.63) is 12.2 Å². The molecular weight excluding hydrogens is 280 g/mol. The van der Waals surface area contributed by atoms with Gasteiger partial charge in [-0.1, -0.05) is 46.1 Å². The van der Waals surface area contributed by atoms with E-state index in [9.17, 15) is 9.59 Å². The minimum absolute atomic E-state index is 0.0219. The van der Waals surface area contributed by atoms with Crippen LogP contribution in [0, 0.1) is 5.92 Å². The molecule has 130 valence electrons. The van der Waals surface area contributed by atoms with Crippen LogP contribution in [0.2, 0.25) is 0 Å². The summed E-state index contributed by atoms with van der Waals surface area (Å²) in [6.07, 6.45) is 8.71. The highest BCUT2D eigenvalue weighted by molar-refractivity contribution is 5.81. The molecule has 0 aromatic rings. The average Bonchev–Trinajstić information content (AvgIpc) is 2.38. The lowest BCUT2D eigenvalue weighted by Crippen LogP contribution is -2.15. The SMILES string of the molecule is CC=CC(=O)OC(C)CC(C)C.CCCCCCOC(C)=O. The van der Waals surface area contributed by atoms with E-state index >= 15 is 0 Å². The maximum absolute atomic E-state index is 10.9. The van der Waals surface area contributed by atoms with Crippen LogP contribution in [0.25, 0.3) is 0 Å². The van der Waals surface area contributed by atoms with Crippen molar-refractivity contribution >= 4 is 11.9 Å². The van der Waals surface area contributed by atoms with Crippen LogP contribution < -0.4 is 0 Å². The van der Waals surface area contributed by atoms with E-state index in [1.165, 1.54) is 32.3 Å². The number of hydrogen-bond donors (Lipinski definition) is 0. The summed E-state index contributed by atoms with van der Waals surface area (Å²) < 4.78 is 9.83. The molecule has 0 amide bonds. The molecule has 0 radical (unpaired) electrons. The zero-order chi connectivity index (χ0) is 17.4. The Morgan fingerprint density at radius 3 is 2.18 bits per heavy atom. The second kappa shape index (κ2) is 16.1. The third kappa shape index (κ3) is 21.0. The fourth-order valence-electron chi connectivity index (χ4n) is 1.83. The van der Waals surface area contributed by atoms with Crippen LogP contribution in [0.5, 0.6) is 0 Å². The van der Waals surface area contributed by atoms with E-state index in [1.54, 1.807) is 13.0 Å². The van der Waals surface area contributed by atoms with Crippen LogP contribution in [0.1, 0.15) is 73.6 Å². The van der Waals surface area contributed by atoms with Crippen molar-refractivity contribution in [1.29, 1.82) is 0 Å². The van der Waals surface area contributed by atoms with Crippen LogP contribution in [0.15, 0.2) is 12.2 Å². The highest BCUT2D eigenvalue weighted by Crippen LogP contribution is 2.07. The summed E-state index contributed by atoms with van der Waals surface area (Å²) in [6, 6.07) is 0. The van der Waals surface area contributed by atoms with E-state index in [1.807, 2.05) is 6.92 Å². The van der Waals surface area contributed by atoms with Gasteiger partial charge in [-0.05, 0) is 32.6 Å². The topological polar surface area (TPSA) is 52.6 Å². The molecule has 0 saturated carbocycles. The number of unbranched alkanes of at least 4 members (excludes halogenated alkanes) is 3. The van der Waals surface area contributed by atoms with Crippen LogP contribution >= 0.6 is 0 Å². The third-order valence-electron chi connectivity index (χ3n) is 2.73. The van der Waals surface area contributed by atoms with E-state index in [4.69, 9.17) is 9.47 Å². The maximum Gasteiger partial charge on any atom is 0.330 e. The van der Waals surface area contributed by atoms with Gasteiger partial charge in [-0.15, -0.1) is 0 Å². The van der Waals surface area contributed by atoms with Crippen molar-refractivity contribution in [3.8, 4) is 0 Å². The first kappa shape index (κ1) is 23.0. The maximum atomic E-state index is 10.9. The molecule has 0 rings (SSSR count). The number of carbonyl (C=O) groups is 2. The molecule has 0 spiro atoms. The summed E-state index contributed by atoms with van der Waals surface area (Å²) in [6.45, 7) is 12.1. The van der Waals surface area contributed by atoms with Gasteiger partial charge in [-0.3, -0.25) is 4.79 Å². The molecule has 0 aliphatic heterocycles. The predicted octanol–water partition coefficient (Wildman–Crippen LogP) is 4.67. The molecule has 4 heteroatoms. The molecule has 1 atom stereocenters. The van der Waals surface area contributed by atoms with Crippen LogP contribution in [0.3, 0.4) is 0 Å². The Bertz CT molecular complexity index is 308. The van der Waals surface area contributed by atoms with Gasteiger partial charge >= 0.3 is 11.9 Å². The molecule has 4 nitrogen and oxygen atoms in total. The molecule has 0 fully saturated rings. The van der Waals surface area contributed by atoms with Crippen molar-refractivity contribution in [2.75, 3.05) is 6.61 Å². The van der Waals surface area contributed by atoms with Gasteiger partial charge in [0.2, 0.25) is 0 Å². The first-order valence-corrected chi connectivity index (χ1v) is 8.30. The first-order valence-electron chi connectivity index (χ1n) is 8.30. The molecular formula is C18H34O4. The first-order chi connectivity index (χ1) is 10.3. The monoisotopic (exact) mass is 314 g/mol. The van der Waals surface area contributed by atoms with Crippen LogP contribution in [-0.2, 0) is 19.1 Å². The molecule has 0 N–H and O–H groups in total. The van der Waals surface area contributed by atoms with Crippen molar-refractivity contribution in [1.82, 2.24) is 0 Å². The summed E-state index contributed by atoms with van der Waals surface area (Å²) in [5.41, 5.74) is 0. The summed E-state index contributed by atoms with van der Waals surface area (Å²) in [5.74, 6) is 0.153. The Morgan fingerprint density at radius 2 is 1.73 bits per heavy atom. The number of ether oxygens (including phenoxy) is 2. The minimum atomic E-state index is -0.245. The Morgan fingerprint density at radius 1 is 1.09 bits per heavy atom. The number of rotatable bonds is 9. The van der Waals surface area contributed by atoms with Gasteiger partial charge < -0.3 is 9.47 Å². The van der Waals surface area contributed by atoms with E-state index in [0.717, 1.165) is 12.8 Å². The van der Waals surface area contributed by atoms with Crippen molar-refractivity contribution in [3.63, 3.8) is 0 Å². The van der Waals surface area contributed by atoms with Gasteiger partial charge in [0.1, 0.15) is 0 Å². The summed E-state index contributed by atoms with van der Waals surface area (Å²) >= 11 is 0. The molecule has 0 aromatic heterocycles. The van der Waals surface area contributed by atoms with Crippen molar-refractivity contribution in [2.45, 2.75) is 79.8 Å². The van der Waals surface area contributed by atoms with Gasteiger partial charge in [0.15, 0.2) is 0 Å². The van der Waals surface area contributed by atoms with E-state index < -0.39 is 0 Å².